The maximum absolute atomic E-state index is 11.5. The number of carbonyl (C=O) groups is 1. The Morgan fingerprint density at radius 1 is 1.00 bits per heavy atom. The van der Waals surface area contributed by atoms with Crippen LogP contribution in [0.3, 0.4) is 0 Å². The first-order chi connectivity index (χ1) is 7.67. The Labute approximate surface area is 97.6 Å². The molecule has 0 amide bonds. The van der Waals surface area contributed by atoms with E-state index in [-0.39, 0.29) is 11.9 Å². The summed E-state index contributed by atoms with van der Waals surface area (Å²) in [7, 11) is 0. The van der Waals surface area contributed by atoms with Gasteiger partial charge in [-0.25, -0.2) is 4.79 Å². The van der Waals surface area contributed by atoms with E-state index in [1.165, 1.54) is 0 Å². The van der Waals surface area contributed by atoms with Crippen LogP contribution >= 0.6 is 0 Å². The van der Waals surface area contributed by atoms with E-state index in [2.05, 4.69) is 6.92 Å². The van der Waals surface area contributed by atoms with Crippen LogP contribution in [0.15, 0.2) is 11.5 Å². The van der Waals surface area contributed by atoms with Gasteiger partial charge in [0.25, 0.3) is 5.95 Å². The number of ether oxygens (including phenoxy) is 3. The molecule has 0 aromatic heterocycles. The molecule has 0 atom stereocenters. The zero-order chi connectivity index (χ0) is 12.4. The first-order valence-electron chi connectivity index (χ1n) is 5.80. The zero-order valence-corrected chi connectivity index (χ0v) is 10.7. The maximum Gasteiger partial charge on any atom is 0.340 e. The van der Waals surface area contributed by atoms with Gasteiger partial charge in [-0.3, -0.25) is 0 Å². The largest absolute Gasteiger partial charge is 0.465 e. The molecular weight excluding hydrogens is 208 g/mol. The minimum Gasteiger partial charge on any atom is -0.465 e. The van der Waals surface area contributed by atoms with Crippen molar-refractivity contribution in [3.8, 4) is 0 Å². The summed E-state index contributed by atoms with van der Waals surface area (Å²) in [6.07, 6.45) is 1.98. The number of esters is 1. The molecule has 0 fully saturated rings. The lowest BCUT2D eigenvalue weighted by molar-refractivity contribution is -0.139. The molecule has 0 saturated carbocycles. The predicted molar refractivity (Wildman–Crippen MR) is 61.8 cm³/mol. The van der Waals surface area contributed by atoms with E-state index in [0.29, 0.717) is 25.4 Å². The van der Waals surface area contributed by atoms with E-state index in [9.17, 15) is 4.79 Å². The second-order valence-corrected chi connectivity index (χ2v) is 3.27. The molecule has 0 heterocycles. The molecule has 4 nitrogen and oxygen atoms in total. The second-order valence-electron chi connectivity index (χ2n) is 3.27. The number of unbranched alkanes of at least 4 members (excludes halogenated alkanes) is 1. The summed E-state index contributed by atoms with van der Waals surface area (Å²) in [5.74, 6) is -0.100. The third-order valence-electron chi connectivity index (χ3n) is 1.89. The fraction of sp³-hybridized carbons (Fsp3) is 0.750. The Morgan fingerprint density at radius 3 is 2.12 bits per heavy atom. The molecule has 0 N–H and O–H groups in total. The molecular formula is C12H22O4. The smallest absolute Gasteiger partial charge is 0.340 e. The summed E-state index contributed by atoms with van der Waals surface area (Å²) in [4.78, 5) is 11.5. The van der Waals surface area contributed by atoms with Crippen molar-refractivity contribution in [3.05, 3.63) is 11.5 Å². The van der Waals surface area contributed by atoms with Crippen LogP contribution in [0.2, 0.25) is 0 Å². The highest BCUT2D eigenvalue weighted by molar-refractivity contribution is 5.87. The van der Waals surface area contributed by atoms with Crippen LogP contribution in [-0.2, 0) is 19.0 Å². The lowest BCUT2D eigenvalue weighted by Gasteiger charge is -2.13. The Bertz CT molecular complexity index is 233. The highest BCUT2D eigenvalue weighted by Crippen LogP contribution is 2.10. The van der Waals surface area contributed by atoms with Crippen LogP contribution in [-0.4, -0.2) is 25.8 Å². The second kappa shape index (κ2) is 9.07. The average Bonchev–Trinajstić information content (AvgIpc) is 2.27. The van der Waals surface area contributed by atoms with Crippen LogP contribution in [0.25, 0.3) is 0 Å². The maximum atomic E-state index is 11.5. The van der Waals surface area contributed by atoms with Crippen LogP contribution in [0, 0.1) is 0 Å². The normalized spacial score (nSPS) is 11.8. The molecule has 4 heteroatoms. The van der Waals surface area contributed by atoms with E-state index in [4.69, 9.17) is 14.2 Å². The van der Waals surface area contributed by atoms with Gasteiger partial charge in [0, 0.05) is 0 Å². The molecule has 0 saturated heterocycles. The van der Waals surface area contributed by atoms with Gasteiger partial charge in [0.05, 0.1) is 19.8 Å². The van der Waals surface area contributed by atoms with Crippen LogP contribution < -0.4 is 0 Å². The van der Waals surface area contributed by atoms with Gasteiger partial charge in [0.1, 0.15) is 5.57 Å². The van der Waals surface area contributed by atoms with Gasteiger partial charge in [0.15, 0.2) is 0 Å². The lowest BCUT2D eigenvalue weighted by atomic mass is 10.3. The van der Waals surface area contributed by atoms with E-state index in [1.54, 1.807) is 13.8 Å². The fourth-order valence-corrected chi connectivity index (χ4v) is 1.02. The summed E-state index contributed by atoms with van der Waals surface area (Å²) in [6.45, 7) is 8.72. The summed E-state index contributed by atoms with van der Waals surface area (Å²) in [6, 6.07) is 0. The Hall–Kier alpha value is -1.19. The summed E-state index contributed by atoms with van der Waals surface area (Å²) < 4.78 is 15.6. The standard InChI is InChI=1S/C12H22O4/c1-5-8-9-16-12(15-7-3)10(4)11(13)14-6-2/h5-9H2,1-4H3. The highest BCUT2D eigenvalue weighted by atomic mass is 16.7. The molecule has 0 aromatic carbocycles. The molecule has 0 aliphatic heterocycles. The third kappa shape index (κ3) is 5.63. The van der Waals surface area contributed by atoms with Crippen molar-refractivity contribution < 1.29 is 19.0 Å². The molecule has 0 aliphatic carbocycles. The lowest BCUT2D eigenvalue weighted by Crippen LogP contribution is -2.11. The summed E-state index contributed by atoms with van der Waals surface area (Å²) in [5, 5.41) is 0. The molecule has 16 heavy (non-hydrogen) atoms. The van der Waals surface area contributed by atoms with Gasteiger partial charge in [0.2, 0.25) is 0 Å². The van der Waals surface area contributed by atoms with Crippen LogP contribution in [0.4, 0.5) is 0 Å². The van der Waals surface area contributed by atoms with E-state index >= 15 is 0 Å². The predicted octanol–water partition coefficient (Wildman–Crippen LogP) is 2.63. The Kier molecular flexibility index (Phi) is 8.39. The van der Waals surface area contributed by atoms with Crippen LogP contribution in [0.1, 0.15) is 40.5 Å². The van der Waals surface area contributed by atoms with Crippen molar-refractivity contribution in [1.29, 1.82) is 0 Å². The van der Waals surface area contributed by atoms with Gasteiger partial charge >= 0.3 is 5.97 Å². The summed E-state index contributed by atoms with van der Waals surface area (Å²) >= 11 is 0. The van der Waals surface area contributed by atoms with Gasteiger partial charge < -0.3 is 14.2 Å². The zero-order valence-electron chi connectivity index (χ0n) is 10.7. The van der Waals surface area contributed by atoms with Gasteiger partial charge in [-0.15, -0.1) is 0 Å². The van der Waals surface area contributed by atoms with Gasteiger partial charge in [-0.1, -0.05) is 13.3 Å². The first kappa shape index (κ1) is 14.8. The van der Waals surface area contributed by atoms with Gasteiger partial charge in [-0.05, 0) is 27.2 Å². The molecule has 94 valence electrons. The van der Waals surface area contributed by atoms with E-state index < -0.39 is 0 Å². The molecule has 0 bridgehead atoms. The summed E-state index contributed by atoms with van der Waals surface area (Å²) in [5.41, 5.74) is 0.389. The van der Waals surface area contributed by atoms with Crippen LogP contribution in [0.5, 0.6) is 0 Å². The van der Waals surface area contributed by atoms with Gasteiger partial charge in [-0.2, -0.15) is 0 Å². The Balaban J connectivity index is 4.44. The SMILES string of the molecule is CCCCOC(OCC)=C(C)C(=O)OCC. The third-order valence-corrected chi connectivity index (χ3v) is 1.89. The van der Waals surface area contributed by atoms with Crippen molar-refractivity contribution in [2.75, 3.05) is 19.8 Å². The van der Waals surface area contributed by atoms with Crippen molar-refractivity contribution in [3.63, 3.8) is 0 Å². The number of hydrogen-bond donors (Lipinski definition) is 0. The number of hydrogen-bond acceptors (Lipinski definition) is 4. The minimum absolute atomic E-state index is 0.286. The van der Waals surface area contributed by atoms with Crippen molar-refractivity contribution in [2.24, 2.45) is 0 Å². The minimum atomic E-state index is -0.387. The number of carbonyl (C=O) groups excluding carboxylic acids is 1. The quantitative estimate of drug-likeness (QED) is 0.278. The molecule has 0 rings (SSSR count). The number of rotatable bonds is 8. The molecule has 0 unspecified atom stereocenters. The topological polar surface area (TPSA) is 44.8 Å². The molecule has 0 radical (unpaired) electrons. The van der Waals surface area contributed by atoms with E-state index in [0.717, 1.165) is 12.8 Å². The highest BCUT2D eigenvalue weighted by Gasteiger charge is 2.14. The monoisotopic (exact) mass is 230 g/mol. The van der Waals surface area contributed by atoms with Crippen molar-refractivity contribution in [2.45, 2.75) is 40.5 Å². The Morgan fingerprint density at radius 2 is 1.62 bits per heavy atom. The van der Waals surface area contributed by atoms with E-state index in [1.807, 2.05) is 6.92 Å². The first-order valence-corrected chi connectivity index (χ1v) is 5.80. The molecule has 0 aromatic rings. The van der Waals surface area contributed by atoms with Crippen molar-refractivity contribution >= 4 is 5.97 Å². The van der Waals surface area contributed by atoms with Crippen molar-refractivity contribution in [1.82, 2.24) is 0 Å². The average molecular weight is 230 g/mol. The fourth-order valence-electron chi connectivity index (χ4n) is 1.02. The molecule has 0 aliphatic rings. The molecule has 0 spiro atoms.